The molecule has 1 unspecified atom stereocenters. The molecule has 0 aliphatic carbocycles. The van der Waals surface area contributed by atoms with Crippen molar-refractivity contribution < 1.29 is 0 Å². The van der Waals surface area contributed by atoms with Gasteiger partial charge in [-0.1, -0.05) is 43.2 Å². The zero-order valence-corrected chi connectivity index (χ0v) is 18.5. The molecule has 0 aromatic heterocycles. The Balaban J connectivity index is 0.000000221. The number of benzene rings is 1. The zero-order valence-electron chi connectivity index (χ0n) is 18.5. The van der Waals surface area contributed by atoms with Gasteiger partial charge in [-0.05, 0) is 85.1 Å². The lowest BCUT2D eigenvalue weighted by molar-refractivity contribution is 0.0730. The van der Waals surface area contributed by atoms with E-state index < -0.39 is 0 Å². The van der Waals surface area contributed by atoms with Crippen molar-refractivity contribution in [2.45, 2.75) is 83.3 Å². The molecule has 0 bridgehead atoms. The molecule has 156 valence electrons. The van der Waals surface area contributed by atoms with E-state index in [1.54, 1.807) is 0 Å². The molecule has 4 nitrogen and oxygen atoms in total. The number of nitrogens with zero attached hydrogens (tertiary/aromatic N) is 3. The number of likely N-dealkylation sites (tertiary alicyclic amines) is 2. The van der Waals surface area contributed by atoms with Crippen molar-refractivity contribution in [3.63, 3.8) is 0 Å². The maximum absolute atomic E-state index is 8.85. The van der Waals surface area contributed by atoms with Gasteiger partial charge >= 0.3 is 0 Å². The van der Waals surface area contributed by atoms with Crippen LogP contribution in [0.1, 0.15) is 77.8 Å². The van der Waals surface area contributed by atoms with E-state index in [-0.39, 0.29) is 17.1 Å². The first kappa shape index (κ1) is 22.9. The van der Waals surface area contributed by atoms with Gasteiger partial charge in [0.15, 0.2) is 0 Å². The molecule has 3 rings (SSSR count). The first-order chi connectivity index (χ1) is 13.3. The fourth-order valence-electron chi connectivity index (χ4n) is 4.26. The average Bonchev–Trinajstić information content (AvgIpc) is 2.75. The number of hydrogen-bond acceptors (Lipinski definition) is 4. The van der Waals surface area contributed by atoms with E-state index in [1.807, 2.05) is 19.9 Å². The molecule has 0 amide bonds. The number of nitriles is 1. The molecule has 1 aromatic rings. The molecule has 2 saturated heterocycles. The van der Waals surface area contributed by atoms with Crippen molar-refractivity contribution in [2.75, 3.05) is 26.2 Å². The average molecular weight is 385 g/mol. The standard InChI is InChI=1S/C15H24N2.C9H16N2/c1-15(2,17-11-7-4-8-12-17)14(16)13-9-5-3-6-10-13;1-9(2,8-10)11-6-4-3-5-7-11/h3,5-6,9-10,14H,4,7-8,11-12,16H2,1-2H3;3-7H2,1-2H3. The quantitative estimate of drug-likeness (QED) is 0.815. The van der Waals surface area contributed by atoms with Crippen LogP contribution in [-0.4, -0.2) is 47.1 Å². The van der Waals surface area contributed by atoms with Gasteiger partial charge in [-0.15, -0.1) is 0 Å². The van der Waals surface area contributed by atoms with Crippen LogP contribution < -0.4 is 5.73 Å². The lowest BCUT2D eigenvalue weighted by atomic mass is 9.86. The highest BCUT2D eigenvalue weighted by Crippen LogP contribution is 2.31. The smallest absolute Gasteiger partial charge is 0.103 e. The van der Waals surface area contributed by atoms with Crippen LogP contribution in [0.3, 0.4) is 0 Å². The predicted molar refractivity (Wildman–Crippen MR) is 118 cm³/mol. The largest absolute Gasteiger partial charge is 0.322 e. The van der Waals surface area contributed by atoms with Gasteiger partial charge in [-0.3, -0.25) is 9.80 Å². The molecular weight excluding hydrogens is 344 g/mol. The molecule has 2 fully saturated rings. The van der Waals surface area contributed by atoms with Crippen molar-refractivity contribution in [1.82, 2.24) is 9.80 Å². The molecule has 1 aromatic carbocycles. The van der Waals surface area contributed by atoms with E-state index in [0.29, 0.717) is 0 Å². The van der Waals surface area contributed by atoms with Gasteiger partial charge in [-0.25, -0.2) is 0 Å². The maximum atomic E-state index is 8.85. The zero-order chi connectivity index (χ0) is 20.6. The van der Waals surface area contributed by atoms with E-state index in [9.17, 15) is 0 Å². The highest BCUT2D eigenvalue weighted by atomic mass is 15.2. The molecule has 1 atom stereocenters. The first-order valence-electron chi connectivity index (χ1n) is 11.0. The van der Waals surface area contributed by atoms with Gasteiger partial charge in [0.1, 0.15) is 5.54 Å². The first-order valence-corrected chi connectivity index (χ1v) is 11.0. The Morgan fingerprint density at radius 1 is 0.821 bits per heavy atom. The van der Waals surface area contributed by atoms with Crippen LogP contribution in [0.4, 0.5) is 0 Å². The summed E-state index contributed by atoms with van der Waals surface area (Å²) in [6, 6.07) is 12.9. The molecule has 0 radical (unpaired) electrons. The number of hydrogen-bond donors (Lipinski definition) is 1. The van der Waals surface area contributed by atoms with Crippen molar-refractivity contribution >= 4 is 0 Å². The Labute approximate surface area is 172 Å². The van der Waals surface area contributed by atoms with Crippen molar-refractivity contribution in [3.8, 4) is 6.07 Å². The minimum atomic E-state index is -0.250. The third-order valence-corrected chi connectivity index (χ3v) is 6.51. The van der Waals surface area contributed by atoms with E-state index in [4.69, 9.17) is 11.0 Å². The summed E-state index contributed by atoms with van der Waals surface area (Å²) in [5, 5.41) is 8.85. The molecule has 28 heavy (non-hydrogen) atoms. The summed E-state index contributed by atoms with van der Waals surface area (Å²) in [6.45, 7) is 13.1. The number of piperidine rings is 2. The second-order valence-electron chi connectivity index (χ2n) is 9.31. The van der Waals surface area contributed by atoms with E-state index in [1.165, 1.54) is 57.2 Å². The van der Waals surface area contributed by atoms with Gasteiger partial charge < -0.3 is 5.73 Å². The van der Waals surface area contributed by atoms with Crippen LogP contribution >= 0.6 is 0 Å². The second kappa shape index (κ2) is 10.4. The molecular formula is C24H40N4. The molecule has 0 saturated carbocycles. The summed E-state index contributed by atoms with van der Waals surface area (Å²) in [4.78, 5) is 4.82. The van der Waals surface area contributed by atoms with E-state index in [0.717, 1.165) is 13.1 Å². The molecule has 2 aliphatic heterocycles. The van der Waals surface area contributed by atoms with E-state index in [2.05, 4.69) is 54.0 Å². The summed E-state index contributed by atoms with van der Waals surface area (Å²) in [7, 11) is 0. The van der Waals surface area contributed by atoms with Gasteiger partial charge in [0.25, 0.3) is 0 Å². The summed E-state index contributed by atoms with van der Waals surface area (Å²) < 4.78 is 0. The lowest BCUT2D eigenvalue weighted by Gasteiger charge is -2.44. The highest BCUT2D eigenvalue weighted by molar-refractivity contribution is 5.22. The Kier molecular flexibility index (Phi) is 8.49. The van der Waals surface area contributed by atoms with Crippen molar-refractivity contribution in [2.24, 2.45) is 5.73 Å². The SMILES string of the molecule is CC(C)(C#N)N1CCCCC1.CC(C)(C(N)c1ccccc1)N1CCCCC1. The van der Waals surface area contributed by atoms with Gasteiger partial charge in [0.2, 0.25) is 0 Å². The normalized spacial score (nSPS) is 20.6. The van der Waals surface area contributed by atoms with Crippen LogP contribution in [0.25, 0.3) is 0 Å². The summed E-state index contributed by atoms with van der Waals surface area (Å²) in [6.07, 6.45) is 7.83. The van der Waals surface area contributed by atoms with Crippen LogP contribution in [0.2, 0.25) is 0 Å². The lowest BCUT2D eigenvalue weighted by Crippen LogP contribution is -2.53. The van der Waals surface area contributed by atoms with Crippen LogP contribution in [-0.2, 0) is 0 Å². The van der Waals surface area contributed by atoms with Crippen LogP contribution in [0.15, 0.2) is 30.3 Å². The minimum Gasteiger partial charge on any atom is -0.322 e. The van der Waals surface area contributed by atoms with Gasteiger partial charge in [0.05, 0.1) is 6.07 Å². The Morgan fingerprint density at radius 3 is 1.75 bits per heavy atom. The van der Waals surface area contributed by atoms with Crippen LogP contribution in [0, 0.1) is 11.3 Å². The third-order valence-electron chi connectivity index (χ3n) is 6.51. The molecule has 4 heteroatoms. The van der Waals surface area contributed by atoms with Crippen molar-refractivity contribution in [1.29, 1.82) is 5.26 Å². The Morgan fingerprint density at radius 2 is 1.29 bits per heavy atom. The summed E-state index contributed by atoms with van der Waals surface area (Å²) in [5.41, 5.74) is 7.49. The minimum absolute atomic E-state index is 0.0434. The van der Waals surface area contributed by atoms with E-state index >= 15 is 0 Å². The topological polar surface area (TPSA) is 56.3 Å². The third kappa shape index (κ3) is 6.04. The predicted octanol–water partition coefficient (Wildman–Crippen LogP) is 4.73. The summed E-state index contributed by atoms with van der Waals surface area (Å²) in [5.74, 6) is 0. The van der Waals surface area contributed by atoms with Crippen LogP contribution in [0.5, 0.6) is 0 Å². The number of nitrogens with two attached hydrogens (primary N) is 1. The van der Waals surface area contributed by atoms with Gasteiger partial charge in [-0.2, -0.15) is 5.26 Å². The molecule has 2 heterocycles. The molecule has 2 N–H and O–H groups in total. The highest BCUT2D eigenvalue weighted by Gasteiger charge is 2.34. The fourth-order valence-corrected chi connectivity index (χ4v) is 4.26. The Bertz CT molecular complexity index is 605. The Hall–Kier alpha value is -1.41. The number of rotatable bonds is 4. The summed E-state index contributed by atoms with van der Waals surface area (Å²) >= 11 is 0. The second-order valence-corrected chi connectivity index (χ2v) is 9.31. The molecule has 2 aliphatic rings. The van der Waals surface area contributed by atoms with Gasteiger partial charge in [0, 0.05) is 11.6 Å². The van der Waals surface area contributed by atoms with Crippen molar-refractivity contribution in [3.05, 3.63) is 35.9 Å². The molecule has 0 spiro atoms. The fraction of sp³-hybridized carbons (Fsp3) is 0.708. The maximum Gasteiger partial charge on any atom is 0.103 e. The monoisotopic (exact) mass is 384 g/mol.